The van der Waals surface area contributed by atoms with Crippen LogP contribution in [0.15, 0.2) is 36.4 Å². The number of rotatable bonds is 6. The predicted molar refractivity (Wildman–Crippen MR) is 168 cm³/mol. The quantitative estimate of drug-likeness (QED) is 0.406. The van der Waals surface area contributed by atoms with Crippen LogP contribution in [-0.4, -0.2) is 51.1 Å². The number of benzene rings is 2. The Morgan fingerprint density at radius 3 is 2.11 bits per heavy atom. The van der Waals surface area contributed by atoms with E-state index in [1.54, 1.807) is 37.8 Å². The van der Waals surface area contributed by atoms with E-state index in [1.807, 2.05) is 38.1 Å². The molecule has 5 aliphatic rings. The van der Waals surface area contributed by atoms with Crippen molar-refractivity contribution in [3.8, 4) is 5.75 Å². The molecule has 2 aromatic carbocycles. The Hall–Kier alpha value is -3.55. The Morgan fingerprint density at radius 2 is 1.55 bits per heavy atom. The summed E-state index contributed by atoms with van der Waals surface area (Å²) in [6.45, 7) is 9.40. The van der Waals surface area contributed by atoms with E-state index in [-0.39, 0.29) is 36.1 Å². The average Bonchev–Trinajstić information content (AvgIpc) is 2.91. The molecule has 7 rings (SSSR count). The second-order valence-electron chi connectivity index (χ2n) is 15.1. The number of phenolic OH excluding ortho intramolecular Hbond substituents is 1. The first-order valence-corrected chi connectivity index (χ1v) is 16.3. The first-order valence-electron chi connectivity index (χ1n) is 16.3. The first kappa shape index (κ1) is 30.5. The van der Waals surface area contributed by atoms with Crippen molar-refractivity contribution >= 4 is 17.9 Å². The monoisotopic (exact) mass is 601 g/mol. The number of nitrogens with zero attached hydrogens (tertiary/aromatic N) is 1. The van der Waals surface area contributed by atoms with Crippen LogP contribution in [0.2, 0.25) is 0 Å². The zero-order valence-corrected chi connectivity index (χ0v) is 26.7. The van der Waals surface area contributed by atoms with Gasteiger partial charge in [-0.2, -0.15) is 0 Å². The third kappa shape index (κ3) is 6.31. The van der Waals surface area contributed by atoms with Gasteiger partial charge in [0, 0.05) is 24.9 Å². The lowest BCUT2D eigenvalue weighted by Crippen LogP contribution is -2.64. The molecular weight excluding hydrogens is 554 g/mol. The lowest BCUT2D eigenvalue weighted by Gasteiger charge is -2.57. The van der Waals surface area contributed by atoms with Gasteiger partial charge in [-0.05, 0) is 131 Å². The summed E-state index contributed by atoms with van der Waals surface area (Å²) in [6, 6.07) is 9.66. The number of carbonyl (C=O) groups excluding carboxylic acids is 3. The minimum Gasteiger partial charge on any atom is -0.508 e. The van der Waals surface area contributed by atoms with Crippen LogP contribution in [0.1, 0.15) is 87.1 Å². The summed E-state index contributed by atoms with van der Waals surface area (Å²) in [5.41, 5.74) is 3.68. The van der Waals surface area contributed by atoms with Crippen LogP contribution in [0.4, 0.5) is 4.79 Å². The van der Waals surface area contributed by atoms with E-state index in [1.165, 1.54) is 19.3 Å². The molecule has 8 nitrogen and oxygen atoms in total. The minimum absolute atomic E-state index is 0.0946. The molecular formula is C36H47N3O5. The number of hydrogen-bond donors (Lipinski definition) is 3. The molecule has 0 aromatic heterocycles. The van der Waals surface area contributed by atoms with Crippen LogP contribution in [0.3, 0.4) is 0 Å². The maximum atomic E-state index is 14.6. The zero-order chi connectivity index (χ0) is 31.4. The van der Waals surface area contributed by atoms with Gasteiger partial charge in [0.15, 0.2) is 0 Å². The molecule has 4 fully saturated rings. The van der Waals surface area contributed by atoms with Gasteiger partial charge in [0.05, 0.1) is 0 Å². The Bertz CT molecular complexity index is 1400. The SMILES string of the molecule is Cc1cc(O)cc(C)c1C[C@H](NC(=O)OC(C)(C)C)C(=O)N1Cc2ccccc2C[C@@H]1C(=O)NC12CC3CC(CC(C3)C1)C2. The number of phenols is 1. The van der Waals surface area contributed by atoms with E-state index in [0.29, 0.717) is 24.2 Å². The number of aryl methyl sites for hydroxylation is 2. The van der Waals surface area contributed by atoms with Crippen molar-refractivity contribution in [3.05, 3.63) is 64.2 Å². The number of fused-ring (bicyclic) bond motifs is 1. The fourth-order valence-corrected chi connectivity index (χ4v) is 8.94. The third-order valence-corrected chi connectivity index (χ3v) is 10.3. The highest BCUT2D eigenvalue weighted by atomic mass is 16.6. The molecule has 1 aliphatic heterocycles. The molecule has 4 saturated carbocycles. The van der Waals surface area contributed by atoms with Crippen molar-refractivity contribution in [2.45, 2.75) is 116 Å². The fraction of sp³-hybridized carbons (Fsp3) is 0.583. The van der Waals surface area contributed by atoms with E-state index < -0.39 is 23.8 Å². The standard InChI is InChI=1S/C36H47N3O5/c1-21-10-28(40)11-22(2)29(21)16-30(37-34(43)44-35(3,4)5)33(42)39-20-27-9-7-6-8-26(27)15-31(39)32(41)38-36-17-23-12-24(18-36)14-25(13-23)19-36/h6-11,23-25,30-31,40H,12-20H2,1-5H3,(H,37,43)(H,38,41)/t23?,24?,25?,30-,31+,36?/m0/s1. The number of amides is 3. The number of hydrogen-bond acceptors (Lipinski definition) is 5. The topological polar surface area (TPSA) is 108 Å². The van der Waals surface area contributed by atoms with Gasteiger partial charge in [-0.25, -0.2) is 4.79 Å². The van der Waals surface area contributed by atoms with Gasteiger partial charge in [-0.3, -0.25) is 9.59 Å². The lowest BCUT2D eigenvalue weighted by atomic mass is 9.53. The van der Waals surface area contributed by atoms with Crippen molar-refractivity contribution in [2.24, 2.45) is 17.8 Å². The number of aromatic hydroxyl groups is 1. The Kier molecular flexibility index (Phi) is 7.91. The highest BCUT2D eigenvalue weighted by molar-refractivity contribution is 5.92. The molecule has 8 heteroatoms. The molecule has 4 aliphatic carbocycles. The average molecular weight is 602 g/mol. The van der Waals surface area contributed by atoms with E-state index in [4.69, 9.17) is 4.74 Å². The number of nitrogens with one attached hydrogen (secondary N) is 2. The van der Waals surface area contributed by atoms with Crippen molar-refractivity contribution in [2.75, 3.05) is 0 Å². The summed E-state index contributed by atoms with van der Waals surface area (Å²) >= 11 is 0. The number of ether oxygens (including phenoxy) is 1. The summed E-state index contributed by atoms with van der Waals surface area (Å²) in [5.74, 6) is 1.80. The second-order valence-corrected chi connectivity index (χ2v) is 15.1. The molecule has 236 valence electrons. The molecule has 0 spiro atoms. The highest BCUT2D eigenvalue weighted by Gasteiger charge is 2.52. The van der Waals surface area contributed by atoms with Crippen LogP contribution in [0.5, 0.6) is 5.75 Å². The first-order chi connectivity index (χ1) is 20.8. The minimum atomic E-state index is -0.966. The van der Waals surface area contributed by atoms with Crippen LogP contribution in [0, 0.1) is 31.6 Å². The molecule has 44 heavy (non-hydrogen) atoms. The zero-order valence-electron chi connectivity index (χ0n) is 26.7. The van der Waals surface area contributed by atoms with Crippen molar-refractivity contribution in [3.63, 3.8) is 0 Å². The second kappa shape index (κ2) is 11.4. The van der Waals surface area contributed by atoms with Gasteiger partial charge >= 0.3 is 6.09 Å². The summed E-state index contributed by atoms with van der Waals surface area (Å²) < 4.78 is 5.57. The maximum absolute atomic E-state index is 14.6. The molecule has 4 bridgehead atoms. The largest absolute Gasteiger partial charge is 0.508 e. The summed E-state index contributed by atoms with van der Waals surface area (Å²) in [7, 11) is 0. The van der Waals surface area contributed by atoms with Crippen LogP contribution < -0.4 is 10.6 Å². The van der Waals surface area contributed by atoms with Gasteiger partial charge in [0.1, 0.15) is 23.4 Å². The Morgan fingerprint density at radius 1 is 0.977 bits per heavy atom. The smallest absolute Gasteiger partial charge is 0.408 e. The van der Waals surface area contributed by atoms with Gasteiger partial charge in [0.25, 0.3) is 0 Å². The van der Waals surface area contributed by atoms with E-state index in [0.717, 1.165) is 47.1 Å². The van der Waals surface area contributed by atoms with Crippen molar-refractivity contribution < 1.29 is 24.2 Å². The molecule has 0 unspecified atom stereocenters. The summed E-state index contributed by atoms with van der Waals surface area (Å²) in [4.78, 5) is 43.7. The molecule has 2 aromatic rings. The molecule has 3 N–H and O–H groups in total. The Labute approximate surface area is 260 Å². The van der Waals surface area contributed by atoms with Crippen LogP contribution >= 0.6 is 0 Å². The predicted octanol–water partition coefficient (Wildman–Crippen LogP) is 5.48. The summed E-state index contributed by atoms with van der Waals surface area (Å²) in [5, 5.41) is 16.5. The number of carbonyl (C=O) groups is 3. The third-order valence-electron chi connectivity index (χ3n) is 10.3. The van der Waals surface area contributed by atoms with Gasteiger partial charge in [-0.1, -0.05) is 24.3 Å². The van der Waals surface area contributed by atoms with E-state index >= 15 is 0 Å². The molecule has 1 heterocycles. The maximum Gasteiger partial charge on any atom is 0.408 e. The highest BCUT2D eigenvalue weighted by Crippen LogP contribution is 2.55. The van der Waals surface area contributed by atoms with Crippen molar-refractivity contribution in [1.29, 1.82) is 0 Å². The van der Waals surface area contributed by atoms with Gasteiger partial charge in [-0.15, -0.1) is 0 Å². The molecule has 0 radical (unpaired) electrons. The summed E-state index contributed by atoms with van der Waals surface area (Å²) in [6.07, 6.45) is 6.89. The van der Waals surface area contributed by atoms with Crippen LogP contribution in [-0.2, 0) is 33.7 Å². The van der Waals surface area contributed by atoms with E-state index in [9.17, 15) is 19.5 Å². The van der Waals surface area contributed by atoms with Crippen LogP contribution in [0.25, 0.3) is 0 Å². The van der Waals surface area contributed by atoms with Crippen molar-refractivity contribution in [1.82, 2.24) is 15.5 Å². The molecule has 2 atom stereocenters. The van der Waals surface area contributed by atoms with E-state index in [2.05, 4.69) is 10.6 Å². The lowest BCUT2D eigenvalue weighted by molar-refractivity contribution is -0.145. The number of alkyl carbamates (subject to hydrolysis) is 1. The van der Waals surface area contributed by atoms with Gasteiger partial charge in [0.2, 0.25) is 11.8 Å². The fourth-order valence-electron chi connectivity index (χ4n) is 8.94. The van der Waals surface area contributed by atoms with Gasteiger partial charge < -0.3 is 25.4 Å². The molecule has 3 amide bonds. The molecule has 0 saturated heterocycles. The normalized spacial score (nSPS) is 27.8. The Balaban J connectivity index is 1.31.